The van der Waals surface area contributed by atoms with Gasteiger partial charge in [-0.15, -0.1) is 11.3 Å². The van der Waals surface area contributed by atoms with Crippen LogP contribution < -0.4 is 21.3 Å². The van der Waals surface area contributed by atoms with E-state index in [0.717, 1.165) is 0 Å². The van der Waals surface area contributed by atoms with Crippen molar-refractivity contribution in [3.63, 3.8) is 0 Å². The minimum atomic E-state index is 0.211. The maximum Gasteiger partial charge on any atom is 0.322 e. The molecular weight excluding hydrogens is 252 g/mol. The number of ether oxygens (including phenoxy) is 1. The molecule has 0 aromatic carbocycles. The molecule has 0 saturated carbocycles. The van der Waals surface area contributed by atoms with E-state index in [1.807, 2.05) is 5.38 Å². The zero-order valence-corrected chi connectivity index (χ0v) is 10.9. The number of rotatable bonds is 5. The van der Waals surface area contributed by atoms with Crippen LogP contribution in [-0.4, -0.2) is 22.1 Å². The van der Waals surface area contributed by atoms with Gasteiger partial charge in [-0.25, -0.2) is 5.84 Å². The van der Waals surface area contributed by atoms with E-state index in [1.54, 1.807) is 11.3 Å². The van der Waals surface area contributed by atoms with Crippen molar-refractivity contribution in [3.05, 3.63) is 21.9 Å². The first kappa shape index (κ1) is 12.5. The molecule has 2 heterocycles. The first-order valence-corrected chi connectivity index (χ1v) is 6.14. The average Bonchev–Trinajstić information content (AvgIpc) is 2.81. The van der Waals surface area contributed by atoms with Gasteiger partial charge < -0.3 is 10.1 Å². The summed E-state index contributed by atoms with van der Waals surface area (Å²) < 4.78 is 4.96. The maximum absolute atomic E-state index is 5.27. The summed E-state index contributed by atoms with van der Waals surface area (Å²) >= 11 is 1.68. The van der Waals surface area contributed by atoms with E-state index in [0.29, 0.717) is 12.5 Å². The lowest BCUT2D eigenvalue weighted by Gasteiger charge is -2.07. The van der Waals surface area contributed by atoms with Gasteiger partial charge in [0.15, 0.2) is 0 Å². The third kappa shape index (κ3) is 2.84. The van der Waals surface area contributed by atoms with Gasteiger partial charge in [0.2, 0.25) is 11.9 Å². The number of nitrogens with one attached hydrogen (secondary N) is 2. The van der Waals surface area contributed by atoms with Crippen molar-refractivity contribution in [2.75, 3.05) is 17.9 Å². The number of nitrogens with two attached hydrogens (primary N) is 1. The van der Waals surface area contributed by atoms with Crippen LogP contribution in [-0.2, 0) is 6.54 Å². The average molecular weight is 266 g/mol. The van der Waals surface area contributed by atoms with Crippen LogP contribution in [0.25, 0.3) is 0 Å². The lowest BCUT2D eigenvalue weighted by atomic mass is 10.3. The number of hydrogen-bond acceptors (Lipinski definition) is 8. The highest BCUT2D eigenvalue weighted by Gasteiger charge is 2.06. The van der Waals surface area contributed by atoms with E-state index < -0.39 is 0 Å². The van der Waals surface area contributed by atoms with E-state index >= 15 is 0 Å². The van der Waals surface area contributed by atoms with E-state index in [-0.39, 0.29) is 12.0 Å². The smallest absolute Gasteiger partial charge is 0.322 e. The molecule has 96 valence electrons. The Labute approximate surface area is 108 Å². The molecule has 0 spiro atoms. The highest BCUT2D eigenvalue weighted by molar-refractivity contribution is 7.10. The Bertz CT molecular complexity index is 507. The van der Waals surface area contributed by atoms with Crippen LogP contribution in [0.4, 0.5) is 11.9 Å². The molecule has 4 N–H and O–H groups in total. The van der Waals surface area contributed by atoms with E-state index in [9.17, 15) is 0 Å². The molecule has 7 nitrogen and oxygen atoms in total. The van der Waals surface area contributed by atoms with Gasteiger partial charge in [0, 0.05) is 4.88 Å². The summed E-state index contributed by atoms with van der Waals surface area (Å²) in [7, 11) is 1.49. The van der Waals surface area contributed by atoms with Crippen molar-refractivity contribution >= 4 is 23.2 Å². The Hall–Kier alpha value is -1.93. The fourth-order valence-electron chi connectivity index (χ4n) is 1.34. The SMILES string of the molecule is COc1nc(NN)nc(NCc2sccc2C)n1. The zero-order valence-electron chi connectivity index (χ0n) is 10.1. The van der Waals surface area contributed by atoms with Crippen molar-refractivity contribution in [1.29, 1.82) is 0 Å². The van der Waals surface area contributed by atoms with Crippen molar-refractivity contribution in [2.45, 2.75) is 13.5 Å². The van der Waals surface area contributed by atoms with E-state index in [4.69, 9.17) is 10.6 Å². The summed E-state index contributed by atoms with van der Waals surface area (Å²) in [5.74, 6) is 5.95. The van der Waals surface area contributed by atoms with Crippen molar-refractivity contribution < 1.29 is 4.74 Å². The van der Waals surface area contributed by atoms with Crippen LogP contribution in [0.5, 0.6) is 6.01 Å². The number of hydrogen-bond donors (Lipinski definition) is 3. The van der Waals surface area contributed by atoms with Crippen LogP contribution in [0.1, 0.15) is 10.4 Å². The normalized spacial score (nSPS) is 10.2. The zero-order chi connectivity index (χ0) is 13.0. The number of methoxy groups -OCH3 is 1. The Morgan fingerprint density at radius 1 is 1.33 bits per heavy atom. The summed E-state index contributed by atoms with van der Waals surface area (Å²) in [6.07, 6.45) is 0. The van der Waals surface area contributed by atoms with E-state index in [1.165, 1.54) is 17.6 Å². The molecule has 0 unspecified atom stereocenters. The second kappa shape index (κ2) is 5.61. The predicted octanol–water partition coefficient (Wildman–Crippen LogP) is 1.15. The molecule has 0 radical (unpaired) electrons. The summed E-state index contributed by atoms with van der Waals surface area (Å²) in [5, 5.41) is 5.16. The number of nitrogens with zero attached hydrogens (tertiary/aromatic N) is 3. The number of thiophene rings is 1. The Kier molecular flexibility index (Phi) is 3.90. The van der Waals surface area contributed by atoms with Gasteiger partial charge >= 0.3 is 6.01 Å². The quantitative estimate of drug-likeness (QED) is 0.551. The van der Waals surface area contributed by atoms with Crippen LogP contribution in [0.3, 0.4) is 0 Å². The molecule has 2 rings (SSSR count). The van der Waals surface area contributed by atoms with Gasteiger partial charge in [0.25, 0.3) is 0 Å². The molecule has 0 fully saturated rings. The minimum absolute atomic E-state index is 0.211. The number of aromatic nitrogens is 3. The Morgan fingerprint density at radius 2 is 2.11 bits per heavy atom. The minimum Gasteiger partial charge on any atom is -0.467 e. The van der Waals surface area contributed by atoms with Crippen molar-refractivity contribution in [1.82, 2.24) is 15.0 Å². The summed E-state index contributed by atoms with van der Waals surface area (Å²) in [4.78, 5) is 13.3. The van der Waals surface area contributed by atoms with Gasteiger partial charge in [0.05, 0.1) is 13.7 Å². The van der Waals surface area contributed by atoms with Gasteiger partial charge in [-0.3, -0.25) is 5.43 Å². The summed E-state index contributed by atoms with van der Waals surface area (Å²) in [6.45, 7) is 2.72. The van der Waals surface area contributed by atoms with E-state index in [2.05, 4.69) is 38.7 Å². The molecule has 0 bridgehead atoms. The van der Waals surface area contributed by atoms with Crippen molar-refractivity contribution in [2.24, 2.45) is 5.84 Å². The summed E-state index contributed by atoms with van der Waals surface area (Å²) in [6, 6.07) is 2.28. The number of aryl methyl sites for hydroxylation is 1. The molecule has 0 aliphatic rings. The standard InChI is InChI=1S/C10H14N6OS/c1-6-3-4-18-7(6)5-12-8-13-9(16-11)15-10(14-8)17-2/h3-4H,5,11H2,1-2H3,(H2,12,13,14,15,16). The summed E-state index contributed by atoms with van der Waals surface area (Å²) in [5.41, 5.74) is 3.61. The monoisotopic (exact) mass is 266 g/mol. The van der Waals surface area contributed by atoms with Crippen molar-refractivity contribution in [3.8, 4) is 6.01 Å². The Balaban J connectivity index is 2.11. The molecule has 8 heteroatoms. The lowest BCUT2D eigenvalue weighted by Crippen LogP contribution is -2.14. The lowest BCUT2D eigenvalue weighted by molar-refractivity contribution is 0.379. The fraction of sp³-hybridized carbons (Fsp3) is 0.300. The maximum atomic E-state index is 5.27. The number of anilines is 2. The molecule has 0 amide bonds. The second-order valence-corrected chi connectivity index (χ2v) is 4.49. The third-order valence-corrected chi connectivity index (χ3v) is 3.32. The molecular formula is C10H14N6OS. The fourth-order valence-corrected chi connectivity index (χ4v) is 2.18. The third-order valence-electron chi connectivity index (χ3n) is 2.30. The largest absolute Gasteiger partial charge is 0.467 e. The molecule has 2 aromatic rings. The molecule has 2 aromatic heterocycles. The number of hydrazine groups is 1. The molecule has 0 saturated heterocycles. The van der Waals surface area contributed by atoms with Crippen LogP contribution in [0.15, 0.2) is 11.4 Å². The Morgan fingerprint density at radius 3 is 2.72 bits per heavy atom. The number of nitrogen functional groups attached to an aromatic ring is 1. The topological polar surface area (TPSA) is 98.0 Å². The van der Waals surface area contributed by atoms with Crippen LogP contribution >= 0.6 is 11.3 Å². The molecule has 18 heavy (non-hydrogen) atoms. The highest BCUT2D eigenvalue weighted by atomic mass is 32.1. The van der Waals surface area contributed by atoms with Gasteiger partial charge in [0.1, 0.15) is 0 Å². The first-order chi connectivity index (χ1) is 8.72. The second-order valence-electron chi connectivity index (χ2n) is 3.49. The van der Waals surface area contributed by atoms with Gasteiger partial charge in [-0.05, 0) is 23.9 Å². The van der Waals surface area contributed by atoms with Gasteiger partial charge in [-0.1, -0.05) is 0 Å². The first-order valence-electron chi connectivity index (χ1n) is 5.26. The molecule has 0 aliphatic heterocycles. The highest BCUT2D eigenvalue weighted by Crippen LogP contribution is 2.17. The van der Waals surface area contributed by atoms with Gasteiger partial charge in [-0.2, -0.15) is 15.0 Å². The van der Waals surface area contributed by atoms with Crippen LogP contribution in [0.2, 0.25) is 0 Å². The molecule has 0 atom stereocenters. The van der Waals surface area contributed by atoms with Crippen LogP contribution in [0, 0.1) is 6.92 Å². The predicted molar refractivity (Wildman–Crippen MR) is 70.6 cm³/mol. The molecule has 0 aliphatic carbocycles.